The third kappa shape index (κ3) is 1.75. The monoisotopic (exact) mass is 264 g/mol. The Labute approximate surface area is 95.7 Å². The van der Waals surface area contributed by atoms with Gasteiger partial charge in [-0.25, -0.2) is 4.79 Å². The van der Waals surface area contributed by atoms with Crippen molar-refractivity contribution in [3.63, 3.8) is 0 Å². The predicted octanol–water partition coefficient (Wildman–Crippen LogP) is 3.61. The van der Waals surface area contributed by atoms with Gasteiger partial charge in [0.2, 0.25) is 0 Å². The molecule has 0 atom stereocenters. The number of rotatable bonds is 1. The van der Waals surface area contributed by atoms with Gasteiger partial charge in [0.25, 0.3) is 0 Å². The average Bonchev–Trinajstić information content (AvgIpc) is 2.16. The summed E-state index contributed by atoms with van der Waals surface area (Å²) in [4.78, 5) is 11.1. The molecule has 0 spiro atoms. The van der Waals surface area contributed by atoms with Gasteiger partial charge in [0, 0.05) is 4.47 Å². The van der Waals surface area contributed by atoms with Gasteiger partial charge in [0.05, 0.1) is 5.56 Å². The second-order valence-electron chi connectivity index (χ2n) is 3.43. The van der Waals surface area contributed by atoms with Gasteiger partial charge < -0.3 is 5.11 Å². The molecule has 76 valence electrons. The SMILES string of the molecule is Cc1cccc2cc(Br)cc(C(=O)O)c12. The summed E-state index contributed by atoms with van der Waals surface area (Å²) in [7, 11) is 0. The molecule has 0 unspecified atom stereocenters. The number of fused-ring (bicyclic) bond motifs is 1. The summed E-state index contributed by atoms with van der Waals surface area (Å²) in [6, 6.07) is 9.32. The second kappa shape index (κ2) is 3.66. The van der Waals surface area contributed by atoms with Gasteiger partial charge in [-0.15, -0.1) is 0 Å². The largest absolute Gasteiger partial charge is 0.478 e. The molecular weight excluding hydrogens is 256 g/mol. The topological polar surface area (TPSA) is 37.3 Å². The van der Waals surface area contributed by atoms with Crippen LogP contribution in [-0.4, -0.2) is 11.1 Å². The number of halogens is 1. The summed E-state index contributed by atoms with van der Waals surface area (Å²) in [6.45, 7) is 1.92. The van der Waals surface area contributed by atoms with E-state index in [-0.39, 0.29) is 0 Å². The van der Waals surface area contributed by atoms with Crippen LogP contribution in [0.2, 0.25) is 0 Å². The molecule has 0 radical (unpaired) electrons. The lowest BCUT2D eigenvalue weighted by Crippen LogP contribution is -1.98. The van der Waals surface area contributed by atoms with Gasteiger partial charge in [-0.1, -0.05) is 34.1 Å². The van der Waals surface area contributed by atoms with Gasteiger partial charge in [-0.2, -0.15) is 0 Å². The first-order valence-electron chi connectivity index (χ1n) is 4.52. The molecule has 2 nitrogen and oxygen atoms in total. The van der Waals surface area contributed by atoms with E-state index in [9.17, 15) is 4.79 Å². The Morgan fingerprint density at radius 1 is 1.33 bits per heavy atom. The molecule has 2 aromatic carbocycles. The van der Waals surface area contributed by atoms with Crippen LogP contribution in [0.4, 0.5) is 0 Å². The van der Waals surface area contributed by atoms with Crippen molar-refractivity contribution in [3.05, 3.63) is 45.9 Å². The molecule has 0 saturated heterocycles. The fourth-order valence-corrected chi connectivity index (χ4v) is 2.22. The van der Waals surface area contributed by atoms with E-state index in [1.165, 1.54) is 0 Å². The average molecular weight is 265 g/mol. The number of hydrogen-bond donors (Lipinski definition) is 1. The summed E-state index contributed by atoms with van der Waals surface area (Å²) in [5.41, 5.74) is 1.33. The molecule has 0 saturated carbocycles. The minimum atomic E-state index is -0.893. The van der Waals surface area contributed by atoms with Crippen LogP contribution >= 0.6 is 15.9 Å². The molecule has 0 aliphatic carbocycles. The Morgan fingerprint density at radius 2 is 2.07 bits per heavy atom. The third-order valence-electron chi connectivity index (χ3n) is 2.38. The lowest BCUT2D eigenvalue weighted by molar-refractivity contribution is 0.0699. The van der Waals surface area contributed by atoms with Crippen molar-refractivity contribution in [2.75, 3.05) is 0 Å². The first-order valence-corrected chi connectivity index (χ1v) is 5.31. The molecule has 0 aliphatic rings. The molecule has 3 heteroatoms. The van der Waals surface area contributed by atoms with Gasteiger partial charge in [-0.05, 0) is 35.4 Å². The van der Waals surface area contributed by atoms with Crippen LogP contribution in [0.3, 0.4) is 0 Å². The van der Waals surface area contributed by atoms with Crippen LogP contribution < -0.4 is 0 Å². The maximum atomic E-state index is 11.1. The number of aromatic carboxylic acids is 1. The maximum Gasteiger partial charge on any atom is 0.336 e. The molecular formula is C12H9BrO2. The lowest BCUT2D eigenvalue weighted by Gasteiger charge is -2.06. The number of aryl methyl sites for hydroxylation is 1. The standard InChI is InChI=1S/C12H9BrO2/c1-7-3-2-4-8-5-9(13)6-10(11(7)8)12(14)15/h2-6H,1H3,(H,14,15). The molecule has 1 N–H and O–H groups in total. The summed E-state index contributed by atoms with van der Waals surface area (Å²) in [6.07, 6.45) is 0. The first-order chi connectivity index (χ1) is 7.09. The number of benzene rings is 2. The summed E-state index contributed by atoms with van der Waals surface area (Å²) in [5.74, 6) is -0.893. The van der Waals surface area contributed by atoms with Crippen LogP contribution in [0.1, 0.15) is 15.9 Å². The Kier molecular flexibility index (Phi) is 2.49. The molecule has 2 aromatic rings. The van der Waals surface area contributed by atoms with Crippen molar-refractivity contribution < 1.29 is 9.90 Å². The minimum Gasteiger partial charge on any atom is -0.478 e. The number of carbonyl (C=O) groups is 1. The summed E-state index contributed by atoms with van der Waals surface area (Å²) < 4.78 is 0.790. The van der Waals surface area contributed by atoms with Crippen molar-refractivity contribution in [2.24, 2.45) is 0 Å². The van der Waals surface area contributed by atoms with Crippen molar-refractivity contribution >= 4 is 32.7 Å². The number of carboxylic acid groups (broad SMARTS) is 1. The molecule has 0 heterocycles. The highest BCUT2D eigenvalue weighted by atomic mass is 79.9. The number of hydrogen-bond acceptors (Lipinski definition) is 1. The maximum absolute atomic E-state index is 11.1. The summed E-state index contributed by atoms with van der Waals surface area (Å²) in [5, 5.41) is 10.9. The molecule has 2 rings (SSSR count). The molecule has 0 fully saturated rings. The van der Waals surface area contributed by atoms with Crippen LogP contribution in [0.25, 0.3) is 10.8 Å². The molecule has 15 heavy (non-hydrogen) atoms. The van der Waals surface area contributed by atoms with E-state index in [0.717, 1.165) is 20.8 Å². The van der Waals surface area contributed by atoms with Crippen LogP contribution in [0.15, 0.2) is 34.8 Å². The molecule has 0 amide bonds. The highest BCUT2D eigenvalue weighted by Crippen LogP contribution is 2.26. The van der Waals surface area contributed by atoms with Crippen LogP contribution in [-0.2, 0) is 0 Å². The Balaban J connectivity index is 2.94. The smallest absolute Gasteiger partial charge is 0.336 e. The fraction of sp³-hybridized carbons (Fsp3) is 0.0833. The zero-order valence-corrected chi connectivity index (χ0v) is 9.71. The zero-order chi connectivity index (χ0) is 11.0. The quantitative estimate of drug-likeness (QED) is 0.855. The van der Waals surface area contributed by atoms with Gasteiger partial charge in [0.1, 0.15) is 0 Å². The van der Waals surface area contributed by atoms with Crippen molar-refractivity contribution in [3.8, 4) is 0 Å². The minimum absolute atomic E-state index is 0.345. The van der Waals surface area contributed by atoms with Crippen molar-refractivity contribution in [2.45, 2.75) is 6.92 Å². The van der Waals surface area contributed by atoms with Crippen LogP contribution in [0.5, 0.6) is 0 Å². The van der Waals surface area contributed by atoms with E-state index in [4.69, 9.17) is 5.11 Å². The van der Waals surface area contributed by atoms with E-state index >= 15 is 0 Å². The second-order valence-corrected chi connectivity index (χ2v) is 4.35. The molecule has 0 aliphatic heterocycles. The zero-order valence-electron chi connectivity index (χ0n) is 8.12. The number of carboxylic acids is 1. The van der Waals surface area contributed by atoms with E-state index in [1.54, 1.807) is 6.07 Å². The highest BCUT2D eigenvalue weighted by Gasteiger charge is 2.11. The van der Waals surface area contributed by atoms with E-state index in [1.807, 2.05) is 31.2 Å². The summed E-state index contributed by atoms with van der Waals surface area (Å²) >= 11 is 3.31. The Morgan fingerprint density at radius 3 is 2.73 bits per heavy atom. The van der Waals surface area contributed by atoms with Crippen LogP contribution in [0, 0.1) is 6.92 Å². The Bertz CT molecular complexity index is 547. The lowest BCUT2D eigenvalue weighted by atomic mass is 10.0. The van der Waals surface area contributed by atoms with Gasteiger partial charge >= 0.3 is 5.97 Å². The Hall–Kier alpha value is -1.35. The van der Waals surface area contributed by atoms with Crippen molar-refractivity contribution in [1.82, 2.24) is 0 Å². The predicted molar refractivity (Wildman–Crippen MR) is 63.3 cm³/mol. The normalized spacial score (nSPS) is 10.5. The third-order valence-corrected chi connectivity index (χ3v) is 2.84. The van der Waals surface area contributed by atoms with E-state index in [0.29, 0.717) is 5.56 Å². The molecule has 0 bridgehead atoms. The fourth-order valence-electron chi connectivity index (χ4n) is 1.75. The van der Waals surface area contributed by atoms with Gasteiger partial charge in [0.15, 0.2) is 0 Å². The molecule has 0 aromatic heterocycles. The van der Waals surface area contributed by atoms with E-state index < -0.39 is 5.97 Å². The first kappa shape index (κ1) is 10.2. The van der Waals surface area contributed by atoms with Gasteiger partial charge in [-0.3, -0.25) is 0 Å². The highest BCUT2D eigenvalue weighted by molar-refractivity contribution is 9.10. The van der Waals surface area contributed by atoms with E-state index in [2.05, 4.69) is 15.9 Å². The van der Waals surface area contributed by atoms with Crippen molar-refractivity contribution in [1.29, 1.82) is 0 Å².